The largest absolute Gasteiger partial charge is 0.387 e. The van der Waals surface area contributed by atoms with E-state index >= 15 is 0 Å². The number of amidine groups is 1. The predicted octanol–water partition coefficient (Wildman–Crippen LogP) is 5.20. The van der Waals surface area contributed by atoms with Crippen molar-refractivity contribution >= 4 is 17.6 Å². The van der Waals surface area contributed by atoms with E-state index in [-0.39, 0.29) is 0 Å². The van der Waals surface area contributed by atoms with Crippen molar-refractivity contribution < 1.29 is 0 Å². The van der Waals surface area contributed by atoms with Crippen molar-refractivity contribution in [2.75, 3.05) is 0 Å². The maximum Gasteiger partial charge on any atom is 0.104 e. The highest BCUT2D eigenvalue weighted by Crippen LogP contribution is 2.32. The summed E-state index contributed by atoms with van der Waals surface area (Å²) in [6, 6.07) is 14.8. The number of rotatable bonds is 4. The standard InChI is InChI=1S/C22H20N2/c1-3-6-16-8-5-9-18(12-16)19-10-11-20-13-17(7-4-2)14-22(23)24-21(20)15-19/h3,5,7-13,15H,1-2,6,14H2,(H2,23,24). The van der Waals surface area contributed by atoms with Gasteiger partial charge in [-0.1, -0.05) is 49.1 Å². The first-order valence-corrected chi connectivity index (χ1v) is 7.93. The first-order valence-electron chi connectivity index (χ1n) is 7.93. The molecule has 0 saturated heterocycles. The van der Waals surface area contributed by atoms with Crippen molar-refractivity contribution in [2.45, 2.75) is 12.8 Å². The van der Waals surface area contributed by atoms with Crippen LogP contribution in [0.1, 0.15) is 17.5 Å². The molecule has 0 unspecified atom stereocenters. The highest BCUT2D eigenvalue weighted by atomic mass is 14.9. The van der Waals surface area contributed by atoms with Gasteiger partial charge in [-0.3, -0.25) is 0 Å². The van der Waals surface area contributed by atoms with Crippen LogP contribution in [0, 0.1) is 0 Å². The summed E-state index contributed by atoms with van der Waals surface area (Å²) in [7, 11) is 0. The monoisotopic (exact) mass is 312 g/mol. The van der Waals surface area contributed by atoms with Gasteiger partial charge in [0.1, 0.15) is 5.84 Å². The van der Waals surface area contributed by atoms with E-state index in [4.69, 9.17) is 5.73 Å². The molecule has 0 aromatic heterocycles. The second-order valence-electron chi connectivity index (χ2n) is 5.81. The normalized spacial score (nSPS) is 13.0. The lowest BCUT2D eigenvalue weighted by molar-refractivity contribution is 1.28. The lowest BCUT2D eigenvalue weighted by Crippen LogP contribution is -2.10. The van der Waals surface area contributed by atoms with Gasteiger partial charge in [-0.2, -0.15) is 0 Å². The van der Waals surface area contributed by atoms with Crippen LogP contribution in [0.15, 0.2) is 84.1 Å². The Bertz CT molecular complexity index is 894. The van der Waals surface area contributed by atoms with Gasteiger partial charge in [0.2, 0.25) is 0 Å². The van der Waals surface area contributed by atoms with E-state index in [1.165, 1.54) is 11.1 Å². The zero-order valence-electron chi connectivity index (χ0n) is 13.6. The van der Waals surface area contributed by atoms with Crippen molar-refractivity contribution in [3.8, 4) is 11.1 Å². The fourth-order valence-electron chi connectivity index (χ4n) is 2.86. The van der Waals surface area contributed by atoms with Crippen molar-refractivity contribution in [3.05, 3.63) is 90.2 Å². The van der Waals surface area contributed by atoms with Gasteiger partial charge in [0.25, 0.3) is 0 Å². The molecule has 24 heavy (non-hydrogen) atoms. The van der Waals surface area contributed by atoms with Gasteiger partial charge in [0.05, 0.1) is 5.69 Å². The number of hydrogen-bond donors (Lipinski definition) is 1. The molecular weight excluding hydrogens is 292 g/mol. The molecule has 0 radical (unpaired) electrons. The fraction of sp³-hybridized carbons (Fsp3) is 0.0909. The van der Waals surface area contributed by atoms with Gasteiger partial charge in [-0.05, 0) is 46.9 Å². The summed E-state index contributed by atoms with van der Waals surface area (Å²) >= 11 is 0. The van der Waals surface area contributed by atoms with Gasteiger partial charge < -0.3 is 5.73 Å². The third-order valence-electron chi connectivity index (χ3n) is 3.95. The van der Waals surface area contributed by atoms with Crippen LogP contribution < -0.4 is 5.73 Å². The zero-order chi connectivity index (χ0) is 16.9. The molecule has 0 atom stereocenters. The lowest BCUT2D eigenvalue weighted by Gasteiger charge is -2.07. The van der Waals surface area contributed by atoms with Gasteiger partial charge >= 0.3 is 0 Å². The lowest BCUT2D eigenvalue weighted by atomic mass is 9.99. The third-order valence-corrected chi connectivity index (χ3v) is 3.95. The van der Waals surface area contributed by atoms with Gasteiger partial charge in [0.15, 0.2) is 0 Å². The highest BCUT2D eigenvalue weighted by Gasteiger charge is 2.10. The van der Waals surface area contributed by atoms with E-state index in [2.05, 4.69) is 72.4 Å². The van der Waals surface area contributed by atoms with Crippen LogP contribution in [0.25, 0.3) is 17.2 Å². The second kappa shape index (κ2) is 6.99. The molecule has 0 spiro atoms. The first-order chi connectivity index (χ1) is 11.7. The number of nitrogens with two attached hydrogens (primary N) is 1. The molecule has 2 aromatic rings. The summed E-state index contributed by atoms with van der Waals surface area (Å²) in [5.74, 6) is 0.601. The molecule has 1 heterocycles. The minimum absolute atomic E-state index is 0.601. The van der Waals surface area contributed by atoms with Crippen LogP contribution in [0.2, 0.25) is 0 Å². The van der Waals surface area contributed by atoms with Crippen molar-refractivity contribution in [1.29, 1.82) is 0 Å². The molecule has 1 aliphatic rings. The van der Waals surface area contributed by atoms with Crippen LogP contribution in [-0.4, -0.2) is 5.84 Å². The van der Waals surface area contributed by atoms with E-state index in [0.717, 1.165) is 28.8 Å². The number of fused-ring (bicyclic) bond motifs is 1. The molecule has 1 aliphatic heterocycles. The average Bonchev–Trinajstić information content (AvgIpc) is 2.72. The third kappa shape index (κ3) is 3.45. The molecule has 2 heteroatoms. The fourth-order valence-corrected chi connectivity index (χ4v) is 2.86. The van der Waals surface area contributed by atoms with E-state index in [1.54, 1.807) is 0 Å². The molecule has 3 rings (SSSR count). The summed E-state index contributed by atoms with van der Waals surface area (Å²) in [5, 5.41) is 0. The minimum atomic E-state index is 0.601. The summed E-state index contributed by atoms with van der Waals surface area (Å²) < 4.78 is 0. The molecule has 2 aromatic carbocycles. The first kappa shape index (κ1) is 15.8. The Hall–Kier alpha value is -3.09. The summed E-state index contributed by atoms with van der Waals surface area (Å²) in [5.41, 5.74) is 15.4. The van der Waals surface area contributed by atoms with E-state index in [9.17, 15) is 0 Å². The minimum Gasteiger partial charge on any atom is -0.387 e. The zero-order valence-corrected chi connectivity index (χ0v) is 13.6. The molecule has 0 bridgehead atoms. The smallest absolute Gasteiger partial charge is 0.104 e. The van der Waals surface area contributed by atoms with Crippen molar-refractivity contribution in [1.82, 2.24) is 0 Å². The average molecular weight is 312 g/mol. The number of benzene rings is 2. The van der Waals surface area contributed by atoms with Gasteiger partial charge in [-0.25, -0.2) is 4.99 Å². The maximum atomic E-state index is 6.05. The number of allylic oxidation sites excluding steroid dienone is 2. The van der Waals surface area contributed by atoms with E-state index in [1.807, 2.05) is 12.2 Å². The molecule has 0 aliphatic carbocycles. The molecular formula is C22H20N2. The Morgan fingerprint density at radius 2 is 2.00 bits per heavy atom. The van der Waals surface area contributed by atoms with Crippen molar-refractivity contribution in [2.24, 2.45) is 10.7 Å². The quantitative estimate of drug-likeness (QED) is 0.611. The molecule has 0 saturated carbocycles. The summed E-state index contributed by atoms with van der Waals surface area (Å²) in [6.45, 7) is 7.44. The van der Waals surface area contributed by atoms with Crippen LogP contribution in [0.3, 0.4) is 0 Å². The molecule has 0 amide bonds. The van der Waals surface area contributed by atoms with E-state index in [0.29, 0.717) is 12.3 Å². The number of nitrogens with zero attached hydrogens (tertiary/aromatic N) is 1. The van der Waals surface area contributed by atoms with E-state index < -0.39 is 0 Å². The Morgan fingerprint density at radius 3 is 2.79 bits per heavy atom. The van der Waals surface area contributed by atoms with Crippen LogP contribution >= 0.6 is 0 Å². The summed E-state index contributed by atoms with van der Waals surface area (Å²) in [6.07, 6.45) is 7.34. The van der Waals surface area contributed by atoms with Crippen molar-refractivity contribution in [3.63, 3.8) is 0 Å². The molecule has 2 nitrogen and oxygen atoms in total. The van der Waals surface area contributed by atoms with Gasteiger partial charge in [0, 0.05) is 12.0 Å². The maximum absolute atomic E-state index is 6.05. The van der Waals surface area contributed by atoms with Gasteiger partial charge in [-0.15, -0.1) is 12.3 Å². The summed E-state index contributed by atoms with van der Waals surface area (Å²) in [4.78, 5) is 4.57. The SMILES string of the molecule is C=C=CC1=Cc2ccc(-c3cccc(CC=C)c3)cc2N=C(N)C1. The number of aliphatic imine (C=N–C) groups is 1. The second-order valence-corrected chi connectivity index (χ2v) is 5.81. The predicted molar refractivity (Wildman–Crippen MR) is 103 cm³/mol. The Kier molecular flexibility index (Phi) is 4.60. The molecule has 2 N–H and O–H groups in total. The molecule has 0 fully saturated rings. The van der Waals surface area contributed by atoms with Crippen LogP contribution in [0.5, 0.6) is 0 Å². The number of hydrogen-bond acceptors (Lipinski definition) is 2. The Balaban J connectivity index is 2.06. The van der Waals surface area contributed by atoms with Crippen LogP contribution in [0.4, 0.5) is 5.69 Å². The Labute approximate surface area is 143 Å². The molecule has 118 valence electrons. The topological polar surface area (TPSA) is 38.4 Å². The Morgan fingerprint density at radius 1 is 1.17 bits per heavy atom. The highest BCUT2D eigenvalue weighted by molar-refractivity contribution is 5.91. The van der Waals surface area contributed by atoms with Crippen LogP contribution in [-0.2, 0) is 6.42 Å².